The van der Waals surface area contributed by atoms with Crippen LogP contribution in [0.3, 0.4) is 0 Å². The first kappa shape index (κ1) is 15.4. The van der Waals surface area contributed by atoms with Crippen LogP contribution in [0.15, 0.2) is 28.7 Å². The fourth-order valence-corrected chi connectivity index (χ4v) is 2.57. The minimum atomic E-state index is -0.758. The van der Waals surface area contributed by atoms with Gasteiger partial charge in [0, 0.05) is 17.6 Å². The minimum Gasteiger partial charge on any atom is -0.389 e. The molecule has 0 spiro atoms. The first-order valence-electron chi connectivity index (χ1n) is 6.59. The molecule has 2 rings (SSSR count). The van der Waals surface area contributed by atoms with E-state index in [9.17, 15) is 15.0 Å². The van der Waals surface area contributed by atoms with Gasteiger partial charge in [0.05, 0.1) is 24.8 Å². The van der Waals surface area contributed by atoms with E-state index in [2.05, 4.69) is 21.2 Å². The van der Waals surface area contributed by atoms with E-state index >= 15 is 0 Å². The first-order valence-corrected chi connectivity index (χ1v) is 7.38. The van der Waals surface area contributed by atoms with Crippen LogP contribution >= 0.6 is 15.9 Å². The molecule has 3 atom stereocenters. The molecule has 1 aliphatic rings. The summed E-state index contributed by atoms with van der Waals surface area (Å²) in [6.07, 6.45) is -1.52. The molecule has 1 aliphatic heterocycles. The van der Waals surface area contributed by atoms with Gasteiger partial charge in [0.1, 0.15) is 0 Å². The van der Waals surface area contributed by atoms with Crippen molar-refractivity contribution in [1.82, 2.24) is 10.2 Å². The Labute approximate surface area is 126 Å². The van der Waals surface area contributed by atoms with Gasteiger partial charge in [0.15, 0.2) is 0 Å². The van der Waals surface area contributed by atoms with Crippen molar-refractivity contribution in [3.63, 3.8) is 0 Å². The zero-order valence-corrected chi connectivity index (χ0v) is 12.9. The number of nitrogens with one attached hydrogen (secondary N) is 1. The molecule has 0 saturated carbocycles. The van der Waals surface area contributed by atoms with Crippen LogP contribution in [-0.2, 0) is 4.79 Å². The van der Waals surface area contributed by atoms with Gasteiger partial charge in [-0.1, -0.05) is 28.1 Å². The second-order valence-corrected chi connectivity index (χ2v) is 6.09. The van der Waals surface area contributed by atoms with E-state index in [0.717, 1.165) is 10.0 Å². The van der Waals surface area contributed by atoms with Gasteiger partial charge >= 0.3 is 0 Å². The number of rotatable bonds is 4. The molecule has 1 saturated heterocycles. The standard InChI is InChI=1S/C14H19BrN2O3/c1-9(10-2-4-11(15)5-3-10)16-14(20)8-17-6-12(18)13(19)7-17/h2-5,9,12-13,18-19H,6-8H2,1H3,(H,16,20). The minimum absolute atomic E-state index is 0.0759. The number of amides is 1. The maximum Gasteiger partial charge on any atom is 0.234 e. The van der Waals surface area contributed by atoms with Gasteiger partial charge in [0.25, 0.3) is 0 Å². The van der Waals surface area contributed by atoms with Gasteiger partial charge in [-0.3, -0.25) is 9.69 Å². The fraction of sp³-hybridized carbons (Fsp3) is 0.500. The van der Waals surface area contributed by atoms with Crippen LogP contribution in [0.25, 0.3) is 0 Å². The number of nitrogens with zero attached hydrogens (tertiary/aromatic N) is 1. The molecule has 1 heterocycles. The van der Waals surface area contributed by atoms with Crippen molar-refractivity contribution in [2.24, 2.45) is 0 Å². The van der Waals surface area contributed by atoms with Crippen LogP contribution < -0.4 is 5.32 Å². The summed E-state index contributed by atoms with van der Waals surface area (Å²) in [6.45, 7) is 2.78. The molecule has 0 radical (unpaired) electrons. The number of aliphatic hydroxyl groups excluding tert-OH is 2. The van der Waals surface area contributed by atoms with Crippen LogP contribution in [0.1, 0.15) is 18.5 Å². The third-order valence-corrected chi connectivity index (χ3v) is 3.98. The predicted octanol–water partition coefficient (Wildman–Crippen LogP) is 0.664. The zero-order chi connectivity index (χ0) is 14.7. The van der Waals surface area contributed by atoms with E-state index in [4.69, 9.17) is 0 Å². The Morgan fingerprint density at radius 3 is 2.45 bits per heavy atom. The first-order chi connectivity index (χ1) is 9.45. The lowest BCUT2D eigenvalue weighted by molar-refractivity contribution is -0.122. The molecule has 3 unspecified atom stereocenters. The summed E-state index contributed by atoms with van der Waals surface area (Å²) in [6, 6.07) is 7.71. The Morgan fingerprint density at radius 1 is 1.35 bits per heavy atom. The van der Waals surface area contributed by atoms with E-state index in [-0.39, 0.29) is 18.5 Å². The van der Waals surface area contributed by atoms with Crippen LogP contribution in [0.4, 0.5) is 0 Å². The maximum atomic E-state index is 11.9. The van der Waals surface area contributed by atoms with Crippen molar-refractivity contribution in [3.8, 4) is 0 Å². The number of benzene rings is 1. The maximum absolute atomic E-state index is 11.9. The average molecular weight is 343 g/mol. The molecule has 20 heavy (non-hydrogen) atoms. The summed E-state index contributed by atoms with van der Waals surface area (Å²) >= 11 is 3.37. The Kier molecular flexibility index (Phi) is 5.15. The topological polar surface area (TPSA) is 72.8 Å². The normalized spacial score (nSPS) is 24.6. The van der Waals surface area contributed by atoms with E-state index in [1.165, 1.54) is 0 Å². The number of carbonyl (C=O) groups is 1. The Bertz CT molecular complexity index is 456. The average Bonchev–Trinajstić information content (AvgIpc) is 2.68. The molecule has 1 aromatic carbocycles. The van der Waals surface area contributed by atoms with E-state index in [1.807, 2.05) is 31.2 Å². The molecule has 0 aromatic heterocycles. The number of aliphatic hydroxyl groups is 2. The van der Waals surface area contributed by atoms with Gasteiger partial charge in [-0.2, -0.15) is 0 Å². The highest BCUT2D eigenvalue weighted by Gasteiger charge is 2.30. The van der Waals surface area contributed by atoms with Crippen molar-refractivity contribution in [2.75, 3.05) is 19.6 Å². The number of likely N-dealkylation sites (tertiary alicyclic amines) is 1. The lowest BCUT2D eigenvalue weighted by Gasteiger charge is -2.18. The number of hydrogen-bond donors (Lipinski definition) is 3. The summed E-state index contributed by atoms with van der Waals surface area (Å²) in [5, 5.41) is 21.8. The van der Waals surface area contributed by atoms with Crippen LogP contribution in [0.5, 0.6) is 0 Å². The third-order valence-electron chi connectivity index (χ3n) is 3.45. The largest absolute Gasteiger partial charge is 0.389 e. The molecule has 6 heteroatoms. The van der Waals surface area contributed by atoms with Crippen molar-refractivity contribution < 1.29 is 15.0 Å². The van der Waals surface area contributed by atoms with Crippen molar-refractivity contribution in [3.05, 3.63) is 34.3 Å². The molecule has 1 aromatic rings. The monoisotopic (exact) mass is 342 g/mol. The zero-order valence-electron chi connectivity index (χ0n) is 11.3. The highest BCUT2D eigenvalue weighted by atomic mass is 79.9. The Balaban J connectivity index is 1.84. The summed E-state index contributed by atoms with van der Waals surface area (Å²) in [7, 11) is 0. The van der Waals surface area contributed by atoms with Crippen LogP contribution in [-0.4, -0.2) is 52.9 Å². The molecule has 1 fully saturated rings. The summed E-state index contributed by atoms with van der Waals surface area (Å²) in [5.41, 5.74) is 1.03. The number of halogens is 1. The summed E-state index contributed by atoms with van der Waals surface area (Å²) < 4.78 is 1.000. The Hall–Kier alpha value is -0.950. The molecule has 0 bridgehead atoms. The molecule has 1 amide bonds. The SMILES string of the molecule is CC(NC(=O)CN1CC(O)C(O)C1)c1ccc(Br)cc1. The lowest BCUT2D eigenvalue weighted by Crippen LogP contribution is -2.37. The highest BCUT2D eigenvalue weighted by Crippen LogP contribution is 2.16. The van der Waals surface area contributed by atoms with Gasteiger partial charge < -0.3 is 15.5 Å². The van der Waals surface area contributed by atoms with Gasteiger partial charge in [0.2, 0.25) is 5.91 Å². The van der Waals surface area contributed by atoms with Crippen molar-refractivity contribution in [2.45, 2.75) is 25.2 Å². The lowest BCUT2D eigenvalue weighted by atomic mass is 10.1. The third kappa shape index (κ3) is 4.02. The Morgan fingerprint density at radius 2 is 1.90 bits per heavy atom. The van der Waals surface area contributed by atoms with E-state index in [1.54, 1.807) is 4.90 Å². The fourth-order valence-electron chi connectivity index (χ4n) is 2.30. The second kappa shape index (κ2) is 6.67. The second-order valence-electron chi connectivity index (χ2n) is 5.17. The van der Waals surface area contributed by atoms with Gasteiger partial charge in [-0.05, 0) is 24.6 Å². The number of hydrogen-bond acceptors (Lipinski definition) is 4. The van der Waals surface area contributed by atoms with Crippen molar-refractivity contribution in [1.29, 1.82) is 0 Å². The predicted molar refractivity (Wildman–Crippen MR) is 79.2 cm³/mol. The molecule has 3 N–H and O–H groups in total. The molecule has 0 aliphatic carbocycles. The number of carbonyl (C=O) groups excluding carboxylic acids is 1. The quantitative estimate of drug-likeness (QED) is 0.751. The highest BCUT2D eigenvalue weighted by molar-refractivity contribution is 9.10. The molecule has 5 nitrogen and oxygen atoms in total. The smallest absolute Gasteiger partial charge is 0.234 e. The van der Waals surface area contributed by atoms with Gasteiger partial charge in [-0.25, -0.2) is 0 Å². The number of β-amino-alcohol motifs (C(OH)–C–C–N with tert-alkyl or cyclic N) is 2. The summed E-state index contributed by atoms with van der Waals surface area (Å²) in [5.74, 6) is -0.110. The summed E-state index contributed by atoms with van der Waals surface area (Å²) in [4.78, 5) is 13.7. The molecular weight excluding hydrogens is 324 g/mol. The van der Waals surface area contributed by atoms with E-state index in [0.29, 0.717) is 13.1 Å². The van der Waals surface area contributed by atoms with Crippen LogP contribution in [0.2, 0.25) is 0 Å². The van der Waals surface area contributed by atoms with Crippen molar-refractivity contribution >= 4 is 21.8 Å². The van der Waals surface area contributed by atoms with Crippen LogP contribution in [0, 0.1) is 0 Å². The molecule has 110 valence electrons. The van der Waals surface area contributed by atoms with E-state index < -0.39 is 12.2 Å². The molecular formula is C14H19BrN2O3. The van der Waals surface area contributed by atoms with Gasteiger partial charge in [-0.15, -0.1) is 0 Å².